The number of anilines is 2. The molecule has 0 bridgehead atoms. The molecule has 2 N–H and O–H groups in total. The first-order valence-corrected chi connectivity index (χ1v) is 10.9. The van der Waals surface area contributed by atoms with Crippen molar-refractivity contribution in [2.45, 2.75) is 18.9 Å². The van der Waals surface area contributed by atoms with Gasteiger partial charge >= 0.3 is 0 Å². The van der Waals surface area contributed by atoms with Crippen molar-refractivity contribution in [3.8, 4) is 11.5 Å². The second kappa shape index (κ2) is 10.7. The molecule has 2 aromatic carbocycles. The summed E-state index contributed by atoms with van der Waals surface area (Å²) in [5, 5.41) is 5.41. The van der Waals surface area contributed by atoms with Crippen molar-refractivity contribution in [2.75, 3.05) is 39.7 Å². The minimum Gasteiger partial charge on any atom is -0.497 e. The summed E-state index contributed by atoms with van der Waals surface area (Å²) in [7, 11) is 5.44. The Kier molecular flexibility index (Phi) is 7.98. The van der Waals surface area contributed by atoms with Crippen molar-refractivity contribution in [3.63, 3.8) is 0 Å². The number of rotatable bonds is 8. The van der Waals surface area contributed by atoms with Crippen LogP contribution in [0.1, 0.15) is 33.6 Å². The van der Waals surface area contributed by atoms with Crippen molar-refractivity contribution < 1.29 is 28.7 Å². The molecule has 1 saturated heterocycles. The van der Waals surface area contributed by atoms with E-state index in [0.717, 1.165) is 4.90 Å². The third kappa shape index (κ3) is 5.23. The number of nitrogens with zero attached hydrogens (tertiary/aromatic N) is 2. The Hall–Kier alpha value is -3.63. The van der Waals surface area contributed by atoms with Gasteiger partial charge in [-0.2, -0.15) is 0 Å². The lowest BCUT2D eigenvalue weighted by Gasteiger charge is -2.27. The van der Waals surface area contributed by atoms with Crippen molar-refractivity contribution in [2.24, 2.45) is 0 Å². The van der Waals surface area contributed by atoms with Crippen LogP contribution in [0, 0.1) is 0 Å². The highest BCUT2D eigenvalue weighted by atomic mass is 35.5. The molecule has 2 heterocycles. The molecule has 0 spiro atoms. The lowest BCUT2D eigenvalue weighted by Crippen LogP contribution is -2.54. The number of ether oxygens (including phenoxy) is 2. The summed E-state index contributed by atoms with van der Waals surface area (Å²) in [5.74, 6) is -1.07. The molecule has 2 aliphatic heterocycles. The van der Waals surface area contributed by atoms with Crippen molar-refractivity contribution in [1.29, 1.82) is 0 Å². The fraction of sp³-hybridized carbons (Fsp3) is 0.333. The number of hydrogen-bond acceptors (Lipinski definition) is 8. The largest absolute Gasteiger partial charge is 0.497 e. The molecule has 4 amide bonds. The van der Waals surface area contributed by atoms with E-state index in [1.54, 1.807) is 43.5 Å². The topological polar surface area (TPSA) is 117 Å². The minimum absolute atomic E-state index is 0. The Bertz CT molecular complexity index is 1170. The Balaban J connectivity index is 0.00000342. The van der Waals surface area contributed by atoms with Crippen LogP contribution in [0.25, 0.3) is 0 Å². The highest BCUT2D eigenvalue weighted by molar-refractivity contribution is 6.25. The van der Waals surface area contributed by atoms with Crippen LogP contribution in [-0.2, 0) is 9.59 Å². The molecular weight excluding hydrogens is 476 g/mol. The third-order valence-electron chi connectivity index (χ3n) is 5.72. The van der Waals surface area contributed by atoms with Crippen LogP contribution in [0.5, 0.6) is 11.5 Å². The van der Waals surface area contributed by atoms with Gasteiger partial charge in [-0.1, -0.05) is 6.07 Å². The van der Waals surface area contributed by atoms with Crippen molar-refractivity contribution >= 4 is 47.4 Å². The lowest BCUT2D eigenvalue weighted by atomic mass is 10.0. The summed E-state index contributed by atoms with van der Waals surface area (Å²) >= 11 is 0. The number of imide groups is 2. The van der Waals surface area contributed by atoms with E-state index >= 15 is 0 Å². The number of methoxy groups -OCH3 is 1. The summed E-state index contributed by atoms with van der Waals surface area (Å²) < 4.78 is 11.2. The molecule has 4 rings (SSSR count). The molecule has 186 valence electrons. The SMILES string of the molecule is COc1ccc(Nc2cccc3c2C(=O)N(C2CCC(=O)NC2=O)C3=O)c(OCCN(C)C)c1.Cl. The molecule has 1 fully saturated rings. The van der Waals surface area contributed by atoms with Gasteiger partial charge in [-0.3, -0.25) is 29.4 Å². The Morgan fingerprint density at radius 2 is 1.86 bits per heavy atom. The first-order valence-electron chi connectivity index (χ1n) is 10.9. The van der Waals surface area contributed by atoms with Gasteiger partial charge < -0.3 is 19.7 Å². The van der Waals surface area contributed by atoms with E-state index in [9.17, 15) is 19.2 Å². The zero-order chi connectivity index (χ0) is 24.4. The fourth-order valence-corrected chi connectivity index (χ4v) is 3.95. The van der Waals surface area contributed by atoms with E-state index in [2.05, 4.69) is 10.6 Å². The zero-order valence-electron chi connectivity index (χ0n) is 19.6. The van der Waals surface area contributed by atoms with Gasteiger partial charge in [0.1, 0.15) is 24.1 Å². The van der Waals surface area contributed by atoms with Crippen LogP contribution in [0.2, 0.25) is 0 Å². The molecule has 0 radical (unpaired) electrons. The average Bonchev–Trinajstić information content (AvgIpc) is 3.05. The van der Waals surface area contributed by atoms with Gasteiger partial charge in [0, 0.05) is 19.0 Å². The standard InChI is InChI=1S/C24H26N4O6.ClH/c1-27(2)11-12-34-19-13-14(33-3)7-8-16(19)25-17-6-4-5-15-21(17)24(32)28(23(15)31)18-9-10-20(29)26-22(18)30;/h4-8,13,18,25H,9-12H2,1-3H3,(H,26,29,30);1H. The van der Waals surface area contributed by atoms with Crippen LogP contribution in [0.3, 0.4) is 0 Å². The molecule has 0 aliphatic carbocycles. The first-order chi connectivity index (χ1) is 16.3. The molecule has 11 heteroatoms. The van der Waals surface area contributed by atoms with Crippen LogP contribution < -0.4 is 20.1 Å². The molecule has 2 aliphatic rings. The van der Waals surface area contributed by atoms with Gasteiger partial charge in [-0.05, 0) is 44.8 Å². The monoisotopic (exact) mass is 502 g/mol. The Morgan fingerprint density at radius 3 is 2.54 bits per heavy atom. The summed E-state index contributed by atoms with van der Waals surface area (Å²) in [6, 6.07) is 9.14. The maximum Gasteiger partial charge on any atom is 0.264 e. The second-order valence-corrected chi connectivity index (χ2v) is 8.31. The van der Waals surface area contributed by atoms with Crippen LogP contribution in [0.4, 0.5) is 11.4 Å². The number of amides is 4. The smallest absolute Gasteiger partial charge is 0.264 e. The molecule has 10 nitrogen and oxygen atoms in total. The summed E-state index contributed by atoms with van der Waals surface area (Å²) in [4.78, 5) is 53.2. The maximum absolute atomic E-state index is 13.3. The van der Waals surface area contributed by atoms with E-state index < -0.39 is 29.7 Å². The molecule has 0 saturated carbocycles. The zero-order valence-corrected chi connectivity index (χ0v) is 20.4. The summed E-state index contributed by atoms with van der Waals surface area (Å²) in [5.41, 5.74) is 1.37. The van der Waals surface area contributed by atoms with E-state index in [1.165, 1.54) is 0 Å². The fourth-order valence-electron chi connectivity index (χ4n) is 3.95. The first kappa shape index (κ1) is 26.0. The number of hydrogen-bond donors (Lipinski definition) is 2. The van der Waals surface area contributed by atoms with E-state index in [4.69, 9.17) is 9.47 Å². The minimum atomic E-state index is -1.02. The number of piperidine rings is 1. The van der Waals surface area contributed by atoms with Crippen LogP contribution in [0.15, 0.2) is 36.4 Å². The molecule has 2 aromatic rings. The third-order valence-corrected chi connectivity index (χ3v) is 5.72. The molecular formula is C24H27ClN4O6. The Morgan fingerprint density at radius 1 is 1.09 bits per heavy atom. The number of carbonyl (C=O) groups is 4. The summed E-state index contributed by atoms with van der Waals surface area (Å²) in [6.07, 6.45) is 0.162. The van der Waals surface area contributed by atoms with Crippen molar-refractivity contribution in [1.82, 2.24) is 15.1 Å². The van der Waals surface area contributed by atoms with E-state index in [0.29, 0.717) is 36.0 Å². The molecule has 1 unspecified atom stereocenters. The van der Waals surface area contributed by atoms with Gasteiger partial charge in [-0.25, -0.2) is 0 Å². The van der Waals surface area contributed by atoms with Crippen LogP contribution in [-0.4, -0.2) is 73.8 Å². The molecule has 1 atom stereocenters. The number of likely N-dealkylation sites (N-methyl/N-ethyl adjacent to an activating group) is 1. The molecule has 35 heavy (non-hydrogen) atoms. The van der Waals surface area contributed by atoms with Crippen molar-refractivity contribution in [3.05, 3.63) is 47.5 Å². The summed E-state index contributed by atoms with van der Waals surface area (Å²) in [6.45, 7) is 1.13. The maximum atomic E-state index is 13.3. The Labute approximate surface area is 209 Å². The predicted molar refractivity (Wildman–Crippen MR) is 131 cm³/mol. The molecule has 0 aromatic heterocycles. The number of halogens is 1. The van der Waals surface area contributed by atoms with Crippen LogP contribution >= 0.6 is 12.4 Å². The highest BCUT2D eigenvalue weighted by Crippen LogP contribution is 2.37. The highest BCUT2D eigenvalue weighted by Gasteiger charge is 2.45. The predicted octanol–water partition coefficient (Wildman–Crippen LogP) is 2.20. The lowest BCUT2D eigenvalue weighted by molar-refractivity contribution is -0.136. The van der Waals surface area contributed by atoms with Gasteiger partial charge in [-0.15, -0.1) is 12.4 Å². The number of nitrogens with one attached hydrogen (secondary N) is 2. The number of carbonyl (C=O) groups excluding carboxylic acids is 4. The quantitative estimate of drug-likeness (QED) is 0.528. The average molecular weight is 503 g/mol. The second-order valence-electron chi connectivity index (χ2n) is 8.31. The van der Waals surface area contributed by atoms with Gasteiger partial charge in [0.15, 0.2) is 0 Å². The van der Waals surface area contributed by atoms with Gasteiger partial charge in [0.05, 0.1) is 29.6 Å². The van der Waals surface area contributed by atoms with Gasteiger partial charge in [0.25, 0.3) is 11.8 Å². The normalized spacial score (nSPS) is 17.1. The van der Waals surface area contributed by atoms with E-state index in [1.807, 2.05) is 19.0 Å². The number of benzene rings is 2. The van der Waals surface area contributed by atoms with E-state index in [-0.39, 0.29) is 36.4 Å². The number of fused-ring (bicyclic) bond motifs is 1. The van der Waals surface area contributed by atoms with Gasteiger partial charge in [0.2, 0.25) is 11.8 Å².